The van der Waals surface area contributed by atoms with Crippen molar-refractivity contribution in [2.45, 2.75) is 26.8 Å². The lowest BCUT2D eigenvalue weighted by Gasteiger charge is -2.12. The number of nitrogens with zero attached hydrogens (tertiary/aromatic N) is 4. The molecule has 1 unspecified atom stereocenters. The second-order valence-electron chi connectivity index (χ2n) is 4.88. The van der Waals surface area contributed by atoms with E-state index in [0.29, 0.717) is 22.8 Å². The number of aromatic nitrogens is 4. The fraction of sp³-hybridized carbons (Fsp3) is 0.286. The summed E-state index contributed by atoms with van der Waals surface area (Å²) in [7, 11) is 0. The van der Waals surface area contributed by atoms with Crippen molar-refractivity contribution in [2.24, 2.45) is 0 Å². The van der Waals surface area contributed by atoms with Gasteiger partial charge in [0.25, 0.3) is 5.91 Å². The van der Waals surface area contributed by atoms with Crippen molar-refractivity contribution in [2.75, 3.05) is 0 Å². The molecular weight excluding hydrogens is 270 g/mol. The van der Waals surface area contributed by atoms with Crippen molar-refractivity contribution in [3.63, 3.8) is 0 Å². The van der Waals surface area contributed by atoms with Gasteiger partial charge in [-0.1, -0.05) is 11.2 Å². The molecule has 3 aromatic rings. The molecule has 0 radical (unpaired) electrons. The van der Waals surface area contributed by atoms with Gasteiger partial charge in [-0.25, -0.2) is 0 Å². The van der Waals surface area contributed by atoms with Gasteiger partial charge < -0.3 is 9.84 Å². The second kappa shape index (κ2) is 5.01. The van der Waals surface area contributed by atoms with E-state index in [1.54, 1.807) is 13.8 Å². The molecule has 0 aliphatic heterocycles. The molecule has 1 atom stereocenters. The standard InChI is InChI=1S/C14H15N5O2/c1-8-12(10(3)21-18-8)14(20)15-9(2)13-17-16-11-6-4-5-7-19(11)13/h4-7,9H,1-3H3,(H,15,20). The highest BCUT2D eigenvalue weighted by atomic mass is 16.5. The topological polar surface area (TPSA) is 85.3 Å². The molecule has 0 bridgehead atoms. The summed E-state index contributed by atoms with van der Waals surface area (Å²) in [6, 6.07) is 5.35. The van der Waals surface area contributed by atoms with Gasteiger partial charge in [-0.3, -0.25) is 9.20 Å². The number of hydrogen-bond donors (Lipinski definition) is 1. The molecule has 0 aromatic carbocycles. The van der Waals surface area contributed by atoms with Crippen molar-refractivity contribution in [3.05, 3.63) is 47.2 Å². The van der Waals surface area contributed by atoms with E-state index in [-0.39, 0.29) is 11.9 Å². The summed E-state index contributed by atoms with van der Waals surface area (Å²) in [6.45, 7) is 5.31. The molecule has 3 rings (SSSR count). The zero-order chi connectivity index (χ0) is 15.0. The Labute approximate surface area is 121 Å². The first-order valence-electron chi connectivity index (χ1n) is 6.61. The SMILES string of the molecule is Cc1noc(C)c1C(=O)NC(C)c1nnc2ccccn12. The number of carbonyl (C=O) groups excluding carboxylic acids is 1. The Morgan fingerprint density at radius 2 is 2.14 bits per heavy atom. The zero-order valence-corrected chi connectivity index (χ0v) is 12.0. The third kappa shape index (κ3) is 2.26. The molecule has 0 aliphatic rings. The summed E-state index contributed by atoms with van der Waals surface area (Å²) >= 11 is 0. The Balaban J connectivity index is 1.86. The van der Waals surface area contributed by atoms with Crippen LogP contribution in [0.5, 0.6) is 0 Å². The lowest BCUT2D eigenvalue weighted by Crippen LogP contribution is -2.28. The minimum Gasteiger partial charge on any atom is -0.361 e. The summed E-state index contributed by atoms with van der Waals surface area (Å²) in [5.74, 6) is 0.945. The number of nitrogens with one attached hydrogen (secondary N) is 1. The van der Waals surface area contributed by atoms with Gasteiger partial charge in [0.1, 0.15) is 11.3 Å². The second-order valence-corrected chi connectivity index (χ2v) is 4.88. The normalized spacial score (nSPS) is 12.5. The third-order valence-corrected chi connectivity index (χ3v) is 3.34. The van der Waals surface area contributed by atoms with Crippen LogP contribution < -0.4 is 5.32 Å². The molecular formula is C14H15N5O2. The van der Waals surface area contributed by atoms with Crippen LogP contribution in [0, 0.1) is 13.8 Å². The Morgan fingerprint density at radius 3 is 2.86 bits per heavy atom. The first kappa shape index (κ1) is 13.3. The average molecular weight is 285 g/mol. The van der Waals surface area contributed by atoms with Gasteiger partial charge in [-0.15, -0.1) is 10.2 Å². The predicted octanol–water partition coefficient (Wildman–Crippen LogP) is 1.83. The molecule has 0 spiro atoms. The van der Waals surface area contributed by atoms with Crippen molar-refractivity contribution in [1.82, 2.24) is 25.1 Å². The number of hydrogen-bond acceptors (Lipinski definition) is 5. The van der Waals surface area contributed by atoms with Crippen LogP contribution >= 0.6 is 0 Å². The summed E-state index contributed by atoms with van der Waals surface area (Å²) < 4.78 is 6.86. The quantitative estimate of drug-likeness (QED) is 0.793. The maximum Gasteiger partial charge on any atom is 0.257 e. The fourth-order valence-electron chi connectivity index (χ4n) is 2.30. The number of aryl methyl sites for hydroxylation is 2. The van der Waals surface area contributed by atoms with Crippen LogP contribution in [-0.2, 0) is 0 Å². The van der Waals surface area contributed by atoms with E-state index in [0.717, 1.165) is 5.65 Å². The summed E-state index contributed by atoms with van der Waals surface area (Å²) in [5.41, 5.74) is 1.78. The summed E-state index contributed by atoms with van der Waals surface area (Å²) in [5, 5.41) is 14.9. The summed E-state index contributed by atoms with van der Waals surface area (Å²) in [4.78, 5) is 12.3. The van der Waals surface area contributed by atoms with Gasteiger partial charge in [-0.2, -0.15) is 0 Å². The van der Waals surface area contributed by atoms with Crippen LogP contribution in [0.15, 0.2) is 28.9 Å². The first-order valence-corrected chi connectivity index (χ1v) is 6.61. The molecule has 1 amide bonds. The molecule has 0 aliphatic carbocycles. The Kier molecular flexibility index (Phi) is 3.17. The van der Waals surface area contributed by atoms with E-state index in [1.807, 2.05) is 35.7 Å². The van der Waals surface area contributed by atoms with Crippen LogP contribution in [0.2, 0.25) is 0 Å². The van der Waals surface area contributed by atoms with E-state index in [9.17, 15) is 4.79 Å². The summed E-state index contributed by atoms with van der Waals surface area (Å²) in [6.07, 6.45) is 1.86. The Hall–Kier alpha value is -2.70. The smallest absolute Gasteiger partial charge is 0.257 e. The molecule has 0 fully saturated rings. The molecule has 0 saturated heterocycles. The van der Waals surface area contributed by atoms with Crippen molar-refractivity contribution in [1.29, 1.82) is 0 Å². The lowest BCUT2D eigenvalue weighted by molar-refractivity contribution is 0.0936. The van der Waals surface area contributed by atoms with Gasteiger partial charge in [0, 0.05) is 6.20 Å². The predicted molar refractivity (Wildman–Crippen MR) is 74.8 cm³/mol. The van der Waals surface area contributed by atoms with Crippen molar-refractivity contribution in [3.8, 4) is 0 Å². The highest BCUT2D eigenvalue weighted by molar-refractivity contribution is 5.96. The Morgan fingerprint density at radius 1 is 1.33 bits per heavy atom. The van der Waals surface area contributed by atoms with E-state index >= 15 is 0 Å². The number of pyridine rings is 1. The average Bonchev–Trinajstić information content (AvgIpc) is 3.02. The highest BCUT2D eigenvalue weighted by Crippen LogP contribution is 2.16. The molecule has 108 valence electrons. The maximum atomic E-state index is 12.3. The van der Waals surface area contributed by atoms with Crippen LogP contribution in [0.25, 0.3) is 5.65 Å². The number of fused-ring (bicyclic) bond motifs is 1. The van der Waals surface area contributed by atoms with Crippen LogP contribution in [0.1, 0.15) is 40.6 Å². The Bertz CT molecular complexity index is 785. The zero-order valence-electron chi connectivity index (χ0n) is 12.0. The molecule has 7 heteroatoms. The first-order chi connectivity index (χ1) is 10.1. The number of amides is 1. The van der Waals surface area contributed by atoms with Crippen molar-refractivity contribution >= 4 is 11.6 Å². The van der Waals surface area contributed by atoms with Crippen LogP contribution in [-0.4, -0.2) is 25.7 Å². The number of carbonyl (C=O) groups is 1. The maximum absolute atomic E-state index is 12.3. The van der Waals surface area contributed by atoms with Gasteiger partial charge in [0.15, 0.2) is 11.5 Å². The van der Waals surface area contributed by atoms with Gasteiger partial charge in [0.05, 0.1) is 11.7 Å². The third-order valence-electron chi connectivity index (χ3n) is 3.34. The van der Waals surface area contributed by atoms with Gasteiger partial charge in [-0.05, 0) is 32.9 Å². The molecule has 3 heterocycles. The molecule has 1 N–H and O–H groups in total. The van der Waals surface area contributed by atoms with E-state index in [4.69, 9.17) is 4.52 Å². The minimum atomic E-state index is -0.288. The molecule has 7 nitrogen and oxygen atoms in total. The van der Waals surface area contributed by atoms with Gasteiger partial charge >= 0.3 is 0 Å². The van der Waals surface area contributed by atoms with Crippen molar-refractivity contribution < 1.29 is 9.32 Å². The number of rotatable bonds is 3. The van der Waals surface area contributed by atoms with E-state index in [1.165, 1.54) is 0 Å². The fourth-order valence-corrected chi connectivity index (χ4v) is 2.30. The monoisotopic (exact) mass is 285 g/mol. The molecule has 3 aromatic heterocycles. The van der Waals surface area contributed by atoms with E-state index < -0.39 is 0 Å². The molecule has 21 heavy (non-hydrogen) atoms. The van der Waals surface area contributed by atoms with E-state index in [2.05, 4.69) is 20.7 Å². The highest BCUT2D eigenvalue weighted by Gasteiger charge is 2.21. The van der Waals surface area contributed by atoms with Gasteiger partial charge in [0.2, 0.25) is 0 Å². The minimum absolute atomic E-state index is 0.230. The largest absolute Gasteiger partial charge is 0.361 e. The molecule has 0 saturated carbocycles. The van der Waals surface area contributed by atoms with Crippen LogP contribution in [0.3, 0.4) is 0 Å². The lowest BCUT2D eigenvalue weighted by atomic mass is 10.2. The van der Waals surface area contributed by atoms with Crippen LogP contribution in [0.4, 0.5) is 0 Å².